The normalized spacial score (nSPS) is 11.0. The van der Waals surface area contributed by atoms with Crippen LogP contribution in [0.3, 0.4) is 0 Å². The summed E-state index contributed by atoms with van der Waals surface area (Å²) in [7, 11) is 4.85. The fraction of sp³-hybridized carbons (Fsp3) is 0.172. The van der Waals surface area contributed by atoms with Gasteiger partial charge in [0.2, 0.25) is 0 Å². The summed E-state index contributed by atoms with van der Waals surface area (Å²) >= 11 is 6.31. The van der Waals surface area contributed by atoms with Gasteiger partial charge in [-0.25, -0.2) is 4.68 Å². The number of halogens is 1. The maximum Gasteiger partial charge on any atom is 0.282 e. The van der Waals surface area contributed by atoms with E-state index in [9.17, 15) is 9.59 Å². The summed E-state index contributed by atoms with van der Waals surface area (Å²) in [4.78, 5) is 35.2. The second-order valence-corrected chi connectivity index (χ2v) is 9.18. The number of ketones is 1. The molecule has 0 aliphatic carbocycles. The number of methoxy groups -OCH3 is 2. The first-order chi connectivity index (χ1) is 18.8. The molecule has 0 saturated heterocycles. The Bertz CT molecular complexity index is 1760. The van der Waals surface area contributed by atoms with E-state index < -0.39 is 5.56 Å². The van der Waals surface area contributed by atoms with Crippen LogP contribution < -0.4 is 19.8 Å². The number of Topliss-reactive ketones (excluding diaryl/α,β-unsaturated/α-hetero) is 1. The maximum absolute atomic E-state index is 13.2. The van der Waals surface area contributed by atoms with E-state index in [2.05, 4.69) is 9.97 Å². The van der Waals surface area contributed by atoms with Crippen LogP contribution in [0.1, 0.15) is 21.7 Å². The Balaban J connectivity index is 1.38. The number of fused-ring (bicyclic) bond motifs is 1. The molecule has 0 amide bonds. The van der Waals surface area contributed by atoms with Gasteiger partial charge in [0.1, 0.15) is 17.1 Å². The van der Waals surface area contributed by atoms with Gasteiger partial charge in [-0.05, 0) is 43.3 Å². The number of rotatable bonds is 8. The molecule has 39 heavy (non-hydrogen) atoms. The first kappa shape index (κ1) is 26.0. The molecule has 0 atom stereocenters. The molecule has 9 nitrogen and oxygen atoms in total. The van der Waals surface area contributed by atoms with Gasteiger partial charge in [0.15, 0.2) is 17.3 Å². The monoisotopic (exact) mass is 544 g/mol. The number of ether oxygens (including phenoxy) is 3. The number of nitrogens with zero attached hydrogens (tertiary/aromatic N) is 4. The summed E-state index contributed by atoms with van der Waals surface area (Å²) in [5.74, 6) is 1.83. The lowest BCUT2D eigenvalue weighted by Crippen LogP contribution is -2.23. The highest BCUT2D eigenvalue weighted by atomic mass is 35.5. The molecule has 5 aromatic rings. The van der Waals surface area contributed by atoms with Crippen LogP contribution in [0.5, 0.6) is 23.0 Å². The van der Waals surface area contributed by atoms with E-state index in [4.69, 9.17) is 25.8 Å². The van der Waals surface area contributed by atoms with E-state index in [0.29, 0.717) is 50.6 Å². The summed E-state index contributed by atoms with van der Waals surface area (Å²) < 4.78 is 19.9. The molecule has 0 saturated carbocycles. The minimum absolute atomic E-state index is 0.0436. The Hall–Kier alpha value is -4.63. The predicted octanol–water partition coefficient (Wildman–Crippen LogP) is 5.32. The second-order valence-electron chi connectivity index (χ2n) is 8.77. The number of aromatic nitrogens is 4. The first-order valence-electron chi connectivity index (χ1n) is 12.0. The van der Waals surface area contributed by atoms with Crippen LogP contribution >= 0.6 is 11.6 Å². The standard InChI is InChI=1S/C29H25ClN4O5/c1-17-28(29(36)34(33(17)2)23-8-6-5-7-21(23)30)24(35)13-18-9-10-19(16-32-18)39-25-11-12-31-22-15-27(38-4)26(37-3)14-20(22)25/h5-12,14-16H,13H2,1-4H3. The van der Waals surface area contributed by atoms with Gasteiger partial charge in [-0.2, -0.15) is 0 Å². The number of hydrogen-bond donors (Lipinski definition) is 0. The van der Waals surface area contributed by atoms with Crippen LogP contribution in [-0.2, 0) is 13.5 Å². The molecule has 0 radical (unpaired) electrons. The van der Waals surface area contributed by atoms with Gasteiger partial charge in [0.05, 0.1) is 43.1 Å². The molecule has 0 aliphatic rings. The molecule has 0 unspecified atom stereocenters. The van der Waals surface area contributed by atoms with Gasteiger partial charge < -0.3 is 14.2 Å². The molecule has 198 valence electrons. The van der Waals surface area contributed by atoms with Crippen molar-refractivity contribution in [1.29, 1.82) is 0 Å². The Morgan fingerprint density at radius 2 is 1.72 bits per heavy atom. The van der Waals surface area contributed by atoms with Crippen LogP contribution in [0.4, 0.5) is 0 Å². The van der Waals surface area contributed by atoms with Crippen molar-refractivity contribution in [2.24, 2.45) is 7.05 Å². The molecule has 0 fully saturated rings. The Labute approximate surface area is 229 Å². The highest BCUT2D eigenvalue weighted by Crippen LogP contribution is 2.36. The highest BCUT2D eigenvalue weighted by Gasteiger charge is 2.23. The lowest BCUT2D eigenvalue weighted by Gasteiger charge is -2.12. The van der Waals surface area contributed by atoms with E-state index >= 15 is 0 Å². The third-order valence-corrected chi connectivity index (χ3v) is 6.81. The largest absolute Gasteiger partial charge is 0.493 e. The van der Waals surface area contributed by atoms with Crippen LogP contribution in [0.25, 0.3) is 16.6 Å². The van der Waals surface area contributed by atoms with Gasteiger partial charge >= 0.3 is 0 Å². The molecule has 5 rings (SSSR count). The smallest absolute Gasteiger partial charge is 0.282 e. The molecule has 0 spiro atoms. The van der Waals surface area contributed by atoms with Crippen molar-refractivity contribution in [3.05, 3.63) is 99.3 Å². The molecule has 0 aliphatic heterocycles. The Morgan fingerprint density at radius 1 is 0.974 bits per heavy atom. The third-order valence-electron chi connectivity index (χ3n) is 6.49. The zero-order valence-electron chi connectivity index (χ0n) is 21.8. The average Bonchev–Trinajstić information content (AvgIpc) is 3.16. The number of pyridine rings is 2. The van der Waals surface area contributed by atoms with Crippen molar-refractivity contribution in [1.82, 2.24) is 19.3 Å². The summed E-state index contributed by atoms with van der Waals surface area (Å²) in [6.07, 6.45) is 3.13. The van der Waals surface area contributed by atoms with Gasteiger partial charge in [-0.1, -0.05) is 23.7 Å². The van der Waals surface area contributed by atoms with Crippen molar-refractivity contribution >= 4 is 28.3 Å². The van der Waals surface area contributed by atoms with Crippen LogP contribution in [0, 0.1) is 6.92 Å². The fourth-order valence-electron chi connectivity index (χ4n) is 4.42. The first-order valence-corrected chi connectivity index (χ1v) is 12.4. The fourth-order valence-corrected chi connectivity index (χ4v) is 4.63. The zero-order chi connectivity index (χ0) is 27.7. The summed E-state index contributed by atoms with van der Waals surface area (Å²) in [6, 6.07) is 15.7. The van der Waals surface area contributed by atoms with E-state index in [-0.39, 0.29) is 17.8 Å². The Kier molecular flexibility index (Phi) is 7.08. The molecular formula is C29H25ClN4O5. The van der Waals surface area contributed by atoms with E-state index in [1.165, 1.54) is 10.9 Å². The molecule has 10 heteroatoms. The van der Waals surface area contributed by atoms with Gasteiger partial charge in [-0.3, -0.25) is 24.2 Å². The highest BCUT2D eigenvalue weighted by molar-refractivity contribution is 6.32. The van der Waals surface area contributed by atoms with Crippen molar-refractivity contribution in [2.75, 3.05) is 14.2 Å². The summed E-state index contributed by atoms with van der Waals surface area (Å²) in [5.41, 5.74) is 1.91. The van der Waals surface area contributed by atoms with Crippen molar-refractivity contribution in [2.45, 2.75) is 13.3 Å². The third kappa shape index (κ3) is 4.84. The van der Waals surface area contributed by atoms with Crippen LogP contribution in [0.15, 0.2) is 71.8 Å². The molecule has 3 aromatic heterocycles. The van der Waals surface area contributed by atoms with Gasteiger partial charge in [-0.15, -0.1) is 0 Å². The maximum atomic E-state index is 13.2. The quantitative estimate of drug-likeness (QED) is 0.244. The number of benzene rings is 2. The Morgan fingerprint density at radius 3 is 2.41 bits per heavy atom. The summed E-state index contributed by atoms with van der Waals surface area (Å²) in [5, 5.41) is 1.15. The van der Waals surface area contributed by atoms with Crippen LogP contribution in [-0.4, -0.2) is 39.3 Å². The molecular weight excluding hydrogens is 520 g/mol. The van der Waals surface area contributed by atoms with Crippen molar-refractivity contribution in [3.8, 4) is 28.7 Å². The topological polar surface area (TPSA) is 97.5 Å². The SMILES string of the molecule is COc1cc2nccc(Oc3ccc(CC(=O)c4c(C)n(C)n(-c5ccccc5Cl)c4=O)nc3)c2cc1OC. The molecule has 0 N–H and O–H groups in total. The predicted molar refractivity (Wildman–Crippen MR) is 148 cm³/mol. The molecule has 2 aromatic carbocycles. The van der Waals surface area contributed by atoms with Crippen LogP contribution in [0.2, 0.25) is 5.02 Å². The number of carbonyl (C=O) groups is 1. The number of hydrogen-bond acceptors (Lipinski definition) is 7. The minimum atomic E-state index is -0.426. The van der Waals surface area contributed by atoms with E-state index in [1.807, 2.05) is 0 Å². The van der Waals surface area contributed by atoms with Gasteiger partial charge in [0, 0.05) is 36.1 Å². The van der Waals surface area contributed by atoms with Crippen molar-refractivity contribution in [3.63, 3.8) is 0 Å². The number of carbonyl (C=O) groups excluding carboxylic acids is 1. The number of para-hydroxylation sites is 1. The van der Waals surface area contributed by atoms with E-state index in [0.717, 1.165) is 5.39 Å². The molecule has 0 bridgehead atoms. The lowest BCUT2D eigenvalue weighted by molar-refractivity contribution is 0.0990. The lowest BCUT2D eigenvalue weighted by atomic mass is 10.1. The minimum Gasteiger partial charge on any atom is -0.493 e. The zero-order valence-corrected chi connectivity index (χ0v) is 22.5. The molecule has 3 heterocycles. The van der Waals surface area contributed by atoms with Crippen molar-refractivity contribution < 1.29 is 19.0 Å². The van der Waals surface area contributed by atoms with E-state index in [1.54, 1.807) is 93.7 Å². The average molecular weight is 545 g/mol. The summed E-state index contributed by atoms with van der Waals surface area (Å²) in [6.45, 7) is 1.73. The second kappa shape index (κ2) is 10.6. The van der Waals surface area contributed by atoms with Gasteiger partial charge in [0.25, 0.3) is 5.56 Å².